The fourth-order valence-electron chi connectivity index (χ4n) is 7.89. The maximum atomic E-state index is 2.55. The first-order chi connectivity index (χ1) is 22.8. The zero-order valence-corrected chi connectivity index (χ0v) is 27.5. The van der Waals surface area contributed by atoms with Gasteiger partial charge < -0.3 is 4.90 Å². The summed E-state index contributed by atoms with van der Waals surface area (Å²) in [5, 5.41) is 8.61. The quantitative estimate of drug-likeness (QED) is 0.178. The number of anilines is 3. The summed E-state index contributed by atoms with van der Waals surface area (Å²) >= 11 is 3.81. The first kappa shape index (κ1) is 26.4. The molecule has 0 saturated heterocycles. The number of benzene rings is 7. The molecule has 2 aliphatic heterocycles. The van der Waals surface area contributed by atoms with Gasteiger partial charge in [-0.3, -0.25) is 0 Å². The van der Waals surface area contributed by atoms with Crippen molar-refractivity contribution < 1.29 is 0 Å². The van der Waals surface area contributed by atoms with Gasteiger partial charge in [0.05, 0.1) is 10.4 Å². The van der Waals surface area contributed by atoms with E-state index in [1.54, 1.807) is 0 Å². The number of rotatable bonds is 3. The molecule has 1 nitrogen and oxygen atoms in total. The Morgan fingerprint density at radius 3 is 1.87 bits per heavy atom. The van der Waals surface area contributed by atoms with E-state index in [0.29, 0.717) is 0 Å². The molecule has 10 rings (SSSR count). The van der Waals surface area contributed by atoms with Crippen LogP contribution < -0.4 is 25.6 Å². The summed E-state index contributed by atoms with van der Waals surface area (Å²) in [6.07, 6.45) is 0. The number of nitrogens with zero attached hydrogens (tertiary/aromatic N) is 1. The molecule has 0 bridgehead atoms. The van der Waals surface area contributed by atoms with Crippen molar-refractivity contribution in [1.82, 2.24) is 0 Å². The molecule has 8 aromatic rings. The molecule has 0 unspecified atom stereocenters. The highest BCUT2D eigenvalue weighted by Crippen LogP contribution is 2.45. The van der Waals surface area contributed by atoms with E-state index in [4.69, 9.17) is 0 Å². The molecule has 46 heavy (non-hydrogen) atoms. The van der Waals surface area contributed by atoms with Gasteiger partial charge in [0, 0.05) is 36.6 Å². The lowest BCUT2D eigenvalue weighted by Gasteiger charge is -2.38. The summed E-state index contributed by atoms with van der Waals surface area (Å²) < 4.78 is 2.63. The second kappa shape index (κ2) is 10.1. The van der Waals surface area contributed by atoms with E-state index in [0.717, 1.165) is 0 Å². The Kier molecular flexibility index (Phi) is 5.77. The van der Waals surface area contributed by atoms with Crippen LogP contribution in [0.2, 0.25) is 0 Å². The summed E-state index contributed by atoms with van der Waals surface area (Å²) in [6.45, 7) is 0. The molecule has 0 N–H and O–H groups in total. The van der Waals surface area contributed by atoms with Gasteiger partial charge in [-0.2, -0.15) is 0 Å². The van der Waals surface area contributed by atoms with Gasteiger partial charge in [0.15, 0.2) is 8.07 Å². The van der Waals surface area contributed by atoms with Crippen molar-refractivity contribution in [2.75, 3.05) is 4.90 Å². The van der Waals surface area contributed by atoms with Crippen LogP contribution in [-0.2, 0) is 0 Å². The maximum absolute atomic E-state index is 2.61. The average molecular weight is 638 g/mol. The number of thiophene rings is 1. The van der Waals surface area contributed by atoms with Gasteiger partial charge in [-0.25, -0.2) is 0 Å². The van der Waals surface area contributed by atoms with Crippen LogP contribution in [0.1, 0.15) is 0 Å². The highest BCUT2D eigenvalue weighted by atomic mass is 32.2. The number of hydrogen-bond donors (Lipinski definition) is 0. The molecule has 0 fully saturated rings. The molecule has 216 valence electrons. The van der Waals surface area contributed by atoms with Crippen LogP contribution in [0.25, 0.3) is 31.3 Å². The molecule has 2 aliphatic rings. The fourth-order valence-corrected chi connectivity index (χ4v) is 16.5. The molecular formula is C42H27NS2Si. The zero-order chi connectivity index (χ0) is 30.2. The van der Waals surface area contributed by atoms with Crippen molar-refractivity contribution in [3.8, 4) is 11.1 Å². The third-order valence-electron chi connectivity index (χ3n) is 9.73. The molecule has 0 aliphatic carbocycles. The third-order valence-corrected chi connectivity index (χ3v) is 17.4. The summed E-state index contributed by atoms with van der Waals surface area (Å²) in [5.41, 5.74) is 6.33. The van der Waals surface area contributed by atoms with E-state index >= 15 is 0 Å². The summed E-state index contributed by atoms with van der Waals surface area (Å²) in [4.78, 5) is 5.25. The molecule has 0 saturated carbocycles. The number of hydrogen-bond acceptors (Lipinski definition) is 3. The Hall–Kier alpha value is -4.87. The van der Waals surface area contributed by atoms with E-state index in [9.17, 15) is 0 Å². The first-order valence-electron chi connectivity index (χ1n) is 15.7. The summed E-state index contributed by atoms with van der Waals surface area (Å²) in [5.74, 6) is 0. The zero-order valence-electron chi connectivity index (χ0n) is 24.9. The van der Waals surface area contributed by atoms with Crippen LogP contribution in [-0.4, -0.2) is 8.07 Å². The van der Waals surface area contributed by atoms with Crippen LogP contribution in [0.4, 0.5) is 17.1 Å². The molecule has 1 aromatic heterocycles. The van der Waals surface area contributed by atoms with Gasteiger partial charge in [-0.1, -0.05) is 127 Å². The minimum atomic E-state index is -2.61. The van der Waals surface area contributed by atoms with Crippen molar-refractivity contribution in [2.45, 2.75) is 9.79 Å². The van der Waals surface area contributed by atoms with E-state index in [1.807, 2.05) is 23.1 Å². The number of fused-ring (bicyclic) bond motifs is 12. The second-order valence-electron chi connectivity index (χ2n) is 12.0. The lowest BCUT2D eigenvalue weighted by atomic mass is 10.0. The van der Waals surface area contributed by atoms with E-state index in [2.05, 4.69) is 169 Å². The van der Waals surface area contributed by atoms with Gasteiger partial charge >= 0.3 is 0 Å². The maximum Gasteiger partial charge on any atom is 0.183 e. The van der Waals surface area contributed by atoms with Crippen LogP contribution in [0.15, 0.2) is 174 Å². The number of para-hydroxylation sites is 1. The second-order valence-corrected chi connectivity index (χ2v) is 17.8. The Labute approximate surface area is 277 Å². The monoisotopic (exact) mass is 637 g/mol. The average Bonchev–Trinajstić information content (AvgIpc) is 3.64. The van der Waals surface area contributed by atoms with Crippen LogP contribution >= 0.6 is 23.1 Å². The lowest BCUT2D eigenvalue weighted by molar-refractivity contribution is 1.30. The predicted molar refractivity (Wildman–Crippen MR) is 201 cm³/mol. The lowest BCUT2D eigenvalue weighted by Crippen LogP contribution is -2.74. The van der Waals surface area contributed by atoms with Gasteiger partial charge in [0.25, 0.3) is 0 Å². The van der Waals surface area contributed by atoms with Crippen LogP contribution in [0, 0.1) is 0 Å². The third kappa shape index (κ3) is 3.58. The highest BCUT2D eigenvalue weighted by Gasteiger charge is 2.52. The minimum Gasteiger partial charge on any atom is -0.309 e. The Morgan fingerprint density at radius 1 is 0.435 bits per heavy atom. The normalized spacial score (nSPS) is 13.7. The smallest absolute Gasteiger partial charge is 0.183 e. The van der Waals surface area contributed by atoms with Crippen molar-refractivity contribution in [3.05, 3.63) is 164 Å². The van der Waals surface area contributed by atoms with E-state index in [1.165, 1.54) is 78.9 Å². The molecule has 7 aromatic carbocycles. The van der Waals surface area contributed by atoms with Crippen molar-refractivity contribution in [2.24, 2.45) is 0 Å². The molecule has 0 atom stereocenters. The van der Waals surface area contributed by atoms with E-state index in [-0.39, 0.29) is 0 Å². The Bertz CT molecular complexity index is 2440. The Morgan fingerprint density at radius 2 is 1.07 bits per heavy atom. The predicted octanol–water partition coefficient (Wildman–Crippen LogP) is 9.35. The fraction of sp³-hybridized carbons (Fsp3) is 0. The van der Waals surface area contributed by atoms with Crippen LogP contribution in [0.3, 0.4) is 0 Å². The highest BCUT2D eigenvalue weighted by molar-refractivity contribution is 8.00. The van der Waals surface area contributed by atoms with Crippen LogP contribution in [0.5, 0.6) is 0 Å². The van der Waals surface area contributed by atoms with Gasteiger partial charge in [0.2, 0.25) is 0 Å². The first-order valence-corrected chi connectivity index (χ1v) is 19.3. The Balaban J connectivity index is 1.29. The molecule has 0 radical (unpaired) electrons. The summed E-state index contributed by atoms with van der Waals surface area (Å²) in [6, 6.07) is 61.3. The molecule has 3 heterocycles. The topological polar surface area (TPSA) is 3.24 Å². The molecular weight excluding hydrogens is 611 g/mol. The van der Waals surface area contributed by atoms with Gasteiger partial charge in [-0.05, 0) is 80.4 Å². The SMILES string of the molecule is c1ccc(N(c2ccc3c(c2)[Si]2(c4ccccc4Sc4ccccc42)c2ccccc2-3)c2cccc3c2sc2ccccc23)cc1. The molecule has 1 spiro atoms. The molecule has 0 amide bonds. The van der Waals surface area contributed by atoms with Crippen molar-refractivity contribution in [3.63, 3.8) is 0 Å². The standard InChI is InChI=1S/C42H27NS2Si/c1-2-13-28(14-3-1)43(34-18-12-17-33-30-15-4-6-19-35(30)45-42(33)34)29-25-26-32-31-16-5-9-22-38(31)46(41(32)27-29)39-23-10-7-20-36(39)44-37-21-8-11-24-40(37)46/h1-27H. The summed E-state index contributed by atoms with van der Waals surface area (Å²) in [7, 11) is -2.61. The van der Waals surface area contributed by atoms with Crippen molar-refractivity contribution in [1.29, 1.82) is 0 Å². The van der Waals surface area contributed by atoms with Gasteiger partial charge in [0.1, 0.15) is 0 Å². The minimum absolute atomic E-state index is 1.17. The van der Waals surface area contributed by atoms with Crippen molar-refractivity contribution >= 4 is 89.2 Å². The van der Waals surface area contributed by atoms with E-state index < -0.39 is 8.07 Å². The van der Waals surface area contributed by atoms with Gasteiger partial charge in [-0.15, -0.1) is 11.3 Å². The largest absolute Gasteiger partial charge is 0.309 e. The molecule has 4 heteroatoms.